The zero-order valence-electron chi connectivity index (χ0n) is 13.8. The summed E-state index contributed by atoms with van der Waals surface area (Å²) in [6, 6.07) is 16.4. The average molecular weight is 339 g/mol. The number of aliphatic hydroxyl groups is 1. The molecule has 0 radical (unpaired) electrons. The normalized spacial score (nSPS) is 10.5. The van der Waals surface area contributed by atoms with Crippen molar-refractivity contribution < 1.29 is 19.0 Å². The van der Waals surface area contributed by atoms with Gasteiger partial charge in [0.15, 0.2) is 0 Å². The van der Waals surface area contributed by atoms with Gasteiger partial charge in [-0.1, -0.05) is 30.3 Å². The van der Waals surface area contributed by atoms with E-state index in [1.165, 1.54) is 13.2 Å². The van der Waals surface area contributed by atoms with Crippen molar-refractivity contribution in [3.63, 3.8) is 0 Å². The third-order valence-electron chi connectivity index (χ3n) is 3.75. The van der Waals surface area contributed by atoms with Crippen molar-refractivity contribution in [1.29, 1.82) is 0 Å². The Labute approximate surface area is 145 Å². The van der Waals surface area contributed by atoms with Gasteiger partial charge >= 0.3 is 0 Å². The molecule has 0 saturated heterocycles. The van der Waals surface area contributed by atoms with Crippen LogP contribution in [0.15, 0.2) is 60.8 Å². The molecule has 128 valence electrons. The summed E-state index contributed by atoms with van der Waals surface area (Å²) in [5, 5.41) is 9.50. The van der Waals surface area contributed by atoms with E-state index < -0.39 is 5.82 Å². The van der Waals surface area contributed by atoms with Gasteiger partial charge in [0.25, 0.3) is 0 Å². The standard InChI is InChI=1S/C20H18FNO3/c1-24-20-10-18(19(21)11-22-20)16-7-15(12-23)8-17(9-16)25-13-14-5-3-2-4-6-14/h2-11,23H,12-13H2,1H3. The van der Waals surface area contributed by atoms with Gasteiger partial charge in [-0.2, -0.15) is 0 Å². The van der Waals surface area contributed by atoms with E-state index in [-0.39, 0.29) is 6.61 Å². The van der Waals surface area contributed by atoms with E-state index in [9.17, 15) is 9.50 Å². The van der Waals surface area contributed by atoms with Crippen molar-refractivity contribution in [2.75, 3.05) is 7.11 Å². The maximum atomic E-state index is 14.2. The van der Waals surface area contributed by atoms with Gasteiger partial charge in [-0.25, -0.2) is 9.37 Å². The number of rotatable bonds is 6. The summed E-state index contributed by atoms with van der Waals surface area (Å²) in [7, 11) is 1.47. The molecule has 0 aliphatic rings. The van der Waals surface area contributed by atoms with Crippen LogP contribution in [0.1, 0.15) is 11.1 Å². The number of hydrogen-bond donors (Lipinski definition) is 1. The molecule has 1 aromatic heterocycles. The smallest absolute Gasteiger partial charge is 0.213 e. The van der Waals surface area contributed by atoms with Crippen LogP contribution in [0.4, 0.5) is 4.39 Å². The van der Waals surface area contributed by atoms with Crippen molar-refractivity contribution in [3.05, 3.63) is 77.7 Å². The predicted octanol–water partition coefficient (Wildman–Crippen LogP) is 3.97. The summed E-state index contributed by atoms with van der Waals surface area (Å²) in [6.07, 6.45) is 1.12. The molecule has 0 bridgehead atoms. The molecule has 0 unspecified atom stereocenters. The lowest BCUT2D eigenvalue weighted by atomic mass is 10.0. The molecule has 25 heavy (non-hydrogen) atoms. The SMILES string of the molecule is COc1cc(-c2cc(CO)cc(OCc3ccccc3)c2)c(F)cn1. The van der Waals surface area contributed by atoms with Crippen LogP contribution in [-0.4, -0.2) is 17.2 Å². The highest BCUT2D eigenvalue weighted by atomic mass is 19.1. The quantitative estimate of drug-likeness (QED) is 0.738. The molecule has 0 spiro atoms. The van der Waals surface area contributed by atoms with Crippen LogP contribution in [0.3, 0.4) is 0 Å². The van der Waals surface area contributed by atoms with E-state index in [0.29, 0.717) is 34.9 Å². The van der Waals surface area contributed by atoms with E-state index in [1.54, 1.807) is 18.2 Å². The number of halogens is 1. The minimum absolute atomic E-state index is 0.167. The highest BCUT2D eigenvalue weighted by Gasteiger charge is 2.11. The summed E-state index contributed by atoms with van der Waals surface area (Å²) < 4.78 is 25.1. The minimum Gasteiger partial charge on any atom is -0.489 e. The van der Waals surface area contributed by atoms with Gasteiger partial charge in [0.2, 0.25) is 5.88 Å². The maximum Gasteiger partial charge on any atom is 0.213 e. The van der Waals surface area contributed by atoms with Crippen LogP contribution < -0.4 is 9.47 Å². The van der Waals surface area contributed by atoms with E-state index in [4.69, 9.17) is 9.47 Å². The molecule has 3 rings (SSSR count). The first-order chi connectivity index (χ1) is 12.2. The van der Waals surface area contributed by atoms with Crippen LogP contribution in [0.5, 0.6) is 11.6 Å². The van der Waals surface area contributed by atoms with Crippen LogP contribution in [0.2, 0.25) is 0 Å². The lowest BCUT2D eigenvalue weighted by Gasteiger charge is -2.12. The van der Waals surface area contributed by atoms with E-state index >= 15 is 0 Å². The maximum absolute atomic E-state index is 14.2. The second kappa shape index (κ2) is 7.77. The summed E-state index contributed by atoms with van der Waals surface area (Å²) in [5.74, 6) is 0.406. The number of aliphatic hydroxyl groups excluding tert-OH is 1. The predicted molar refractivity (Wildman–Crippen MR) is 92.9 cm³/mol. The van der Waals surface area contributed by atoms with E-state index in [2.05, 4.69) is 4.98 Å². The minimum atomic E-state index is -0.468. The molecule has 0 atom stereocenters. The van der Waals surface area contributed by atoms with Gasteiger partial charge in [0.05, 0.1) is 19.9 Å². The topological polar surface area (TPSA) is 51.6 Å². The lowest BCUT2D eigenvalue weighted by molar-refractivity contribution is 0.278. The number of hydrogen-bond acceptors (Lipinski definition) is 4. The number of aromatic nitrogens is 1. The van der Waals surface area contributed by atoms with Gasteiger partial charge in [-0.3, -0.25) is 0 Å². The van der Waals surface area contributed by atoms with Crippen molar-refractivity contribution in [3.8, 4) is 22.8 Å². The Balaban J connectivity index is 1.92. The third-order valence-corrected chi connectivity index (χ3v) is 3.75. The first-order valence-corrected chi connectivity index (χ1v) is 7.81. The summed E-state index contributed by atoms with van der Waals surface area (Å²) in [5.41, 5.74) is 2.59. The molecular formula is C20H18FNO3. The molecule has 0 saturated carbocycles. The first-order valence-electron chi connectivity index (χ1n) is 7.81. The number of nitrogens with zero attached hydrogens (tertiary/aromatic N) is 1. The van der Waals surface area contributed by atoms with Crippen LogP contribution in [0.25, 0.3) is 11.1 Å². The fraction of sp³-hybridized carbons (Fsp3) is 0.150. The Kier molecular flexibility index (Phi) is 5.26. The summed E-state index contributed by atoms with van der Waals surface area (Å²) in [6.45, 7) is 0.219. The second-order valence-electron chi connectivity index (χ2n) is 5.50. The van der Waals surface area contributed by atoms with Crippen molar-refractivity contribution in [2.24, 2.45) is 0 Å². The second-order valence-corrected chi connectivity index (χ2v) is 5.50. The van der Waals surface area contributed by atoms with Crippen LogP contribution >= 0.6 is 0 Å². The summed E-state index contributed by atoms with van der Waals surface area (Å²) in [4.78, 5) is 3.85. The molecule has 5 heteroatoms. The fourth-order valence-corrected chi connectivity index (χ4v) is 2.48. The highest BCUT2D eigenvalue weighted by Crippen LogP contribution is 2.30. The van der Waals surface area contributed by atoms with Gasteiger partial charge in [0, 0.05) is 11.6 Å². The lowest BCUT2D eigenvalue weighted by Crippen LogP contribution is -1.98. The van der Waals surface area contributed by atoms with Gasteiger partial charge in [-0.05, 0) is 34.9 Å². The van der Waals surface area contributed by atoms with Gasteiger partial charge in [-0.15, -0.1) is 0 Å². The van der Waals surface area contributed by atoms with E-state index in [0.717, 1.165) is 11.8 Å². The van der Waals surface area contributed by atoms with E-state index in [1.807, 2.05) is 30.3 Å². The Morgan fingerprint density at radius 3 is 2.56 bits per heavy atom. The zero-order chi connectivity index (χ0) is 17.6. The molecule has 2 aromatic carbocycles. The van der Waals surface area contributed by atoms with Gasteiger partial charge in [0.1, 0.15) is 18.2 Å². The Morgan fingerprint density at radius 1 is 1.04 bits per heavy atom. The molecule has 0 amide bonds. The van der Waals surface area contributed by atoms with Crippen molar-refractivity contribution in [2.45, 2.75) is 13.2 Å². The van der Waals surface area contributed by atoms with Crippen LogP contribution in [-0.2, 0) is 13.2 Å². The molecule has 0 aliphatic heterocycles. The molecule has 0 fully saturated rings. The van der Waals surface area contributed by atoms with Crippen molar-refractivity contribution >= 4 is 0 Å². The Morgan fingerprint density at radius 2 is 1.84 bits per heavy atom. The molecular weight excluding hydrogens is 321 g/mol. The Bertz CT molecular complexity index is 853. The fourth-order valence-electron chi connectivity index (χ4n) is 2.48. The average Bonchev–Trinajstić information content (AvgIpc) is 2.67. The highest BCUT2D eigenvalue weighted by molar-refractivity contribution is 5.67. The third kappa shape index (κ3) is 4.14. The largest absolute Gasteiger partial charge is 0.489 e. The molecule has 1 N–H and O–H groups in total. The molecule has 0 aliphatic carbocycles. The number of pyridine rings is 1. The number of methoxy groups -OCH3 is 1. The van der Waals surface area contributed by atoms with Crippen molar-refractivity contribution in [1.82, 2.24) is 4.98 Å². The Hall–Kier alpha value is -2.92. The molecule has 3 aromatic rings. The summed E-state index contributed by atoms with van der Waals surface area (Å²) >= 11 is 0. The number of ether oxygens (including phenoxy) is 2. The van der Waals surface area contributed by atoms with Crippen LogP contribution in [0, 0.1) is 5.82 Å². The monoisotopic (exact) mass is 339 g/mol. The first kappa shape index (κ1) is 16.9. The van der Waals surface area contributed by atoms with Gasteiger partial charge < -0.3 is 14.6 Å². The molecule has 1 heterocycles. The molecule has 4 nitrogen and oxygen atoms in total. The zero-order valence-corrected chi connectivity index (χ0v) is 13.8. The number of benzene rings is 2.